The van der Waals surface area contributed by atoms with Gasteiger partial charge in [0.25, 0.3) is 5.91 Å². The number of nitrogens with one attached hydrogen (secondary N) is 1. The van der Waals surface area contributed by atoms with Gasteiger partial charge in [-0.05, 0) is 12.0 Å². The molecule has 0 radical (unpaired) electrons. The van der Waals surface area contributed by atoms with Crippen molar-refractivity contribution < 1.29 is 14.4 Å². The number of nitrogens with zero attached hydrogens (tertiary/aromatic N) is 1. The standard InChI is InChI=1S/C14H17N3O3/c1-2-8-14(10-6-4-3-5-7-10)12(19)17(9-11(15)18)13(20)16-14/h3-7H,2,8-9H2,1H3,(H2,15,18)(H,16,20). The van der Waals surface area contributed by atoms with Crippen LogP contribution in [0.25, 0.3) is 0 Å². The number of carbonyl (C=O) groups excluding carboxylic acids is 3. The van der Waals surface area contributed by atoms with Crippen LogP contribution in [0.15, 0.2) is 30.3 Å². The molecular formula is C14H17N3O3. The molecule has 20 heavy (non-hydrogen) atoms. The van der Waals surface area contributed by atoms with Crippen molar-refractivity contribution in [2.75, 3.05) is 6.54 Å². The Kier molecular flexibility index (Phi) is 3.74. The first-order valence-electron chi connectivity index (χ1n) is 6.49. The molecule has 3 N–H and O–H groups in total. The molecule has 106 valence electrons. The molecule has 1 fully saturated rings. The Morgan fingerprint density at radius 1 is 1.30 bits per heavy atom. The summed E-state index contributed by atoms with van der Waals surface area (Å²) in [4.78, 5) is 36.4. The number of amides is 4. The molecule has 1 heterocycles. The fraction of sp³-hybridized carbons (Fsp3) is 0.357. The third-order valence-corrected chi connectivity index (χ3v) is 3.38. The van der Waals surface area contributed by atoms with Gasteiger partial charge < -0.3 is 11.1 Å². The van der Waals surface area contributed by atoms with Crippen LogP contribution in [0.4, 0.5) is 4.79 Å². The second-order valence-corrected chi connectivity index (χ2v) is 4.81. The maximum absolute atomic E-state index is 12.6. The van der Waals surface area contributed by atoms with Gasteiger partial charge in [0.05, 0.1) is 0 Å². The number of nitrogens with two attached hydrogens (primary N) is 1. The predicted molar refractivity (Wildman–Crippen MR) is 72.5 cm³/mol. The number of carbonyl (C=O) groups is 3. The molecule has 1 unspecified atom stereocenters. The van der Waals surface area contributed by atoms with E-state index in [9.17, 15) is 14.4 Å². The minimum absolute atomic E-state index is 0.400. The Morgan fingerprint density at radius 2 is 1.95 bits per heavy atom. The van der Waals surface area contributed by atoms with E-state index in [1.54, 1.807) is 12.1 Å². The van der Waals surface area contributed by atoms with E-state index in [-0.39, 0.29) is 0 Å². The normalized spacial score (nSPS) is 21.9. The van der Waals surface area contributed by atoms with Crippen LogP contribution in [0.5, 0.6) is 0 Å². The topological polar surface area (TPSA) is 92.5 Å². The number of urea groups is 1. The van der Waals surface area contributed by atoms with E-state index in [0.29, 0.717) is 18.4 Å². The number of hydrogen-bond acceptors (Lipinski definition) is 3. The zero-order valence-electron chi connectivity index (χ0n) is 11.3. The summed E-state index contributed by atoms with van der Waals surface area (Å²) < 4.78 is 0. The van der Waals surface area contributed by atoms with Crippen LogP contribution < -0.4 is 11.1 Å². The van der Waals surface area contributed by atoms with Gasteiger partial charge in [0.2, 0.25) is 5.91 Å². The van der Waals surface area contributed by atoms with Gasteiger partial charge in [-0.2, -0.15) is 0 Å². The molecule has 6 nitrogen and oxygen atoms in total. The van der Waals surface area contributed by atoms with Crippen molar-refractivity contribution in [1.29, 1.82) is 0 Å². The maximum atomic E-state index is 12.6. The van der Waals surface area contributed by atoms with Gasteiger partial charge >= 0.3 is 6.03 Å². The van der Waals surface area contributed by atoms with Crippen LogP contribution in [-0.2, 0) is 15.1 Å². The number of rotatable bonds is 5. The summed E-state index contributed by atoms with van der Waals surface area (Å²) in [6, 6.07) is 8.46. The molecule has 1 aromatic rings. The van der Waals surface area contributed by atoms with E-state index in [0.717, 1.165) is 4.90 Å². The van der Waals surface area contributed by atoms with E-state index in [2.05, 4.69) is 5.32 Å². The Labute approximate surface area is 116 Å². The van der Waals surface area contributed by atoms with E-state index >= 15 is 0 Å². The SMILES string of the molecule is CCCC1(c2ccccc2)NC(=O)N(CC(N)=O)C1=O. The number of hydrogen-bond donors (Lipinski definition) is 2. The Balaban J connectivity index is 2.42. The van der Waals surface area contributed by atoms with Gasteiger partial charge in [-0.1, -0.05) is 43.7 Å². The van der Waals surface area contributed by atoms with Gasteiger partial charge in [0, 0.05) is 0 Å². The molecule has 1 atom stereocenters. The van der Waals surface area contributed by atoms with Gasteiger partial charge in [0.1, 0.15) is 12.1 Å². The zero-order chi connectivity index (χ0) is 14.8. The first-order valence-corrected chi connectivity index (χ1v) is 6.49. The summed E-state index contributed by atoms with van der Waals surface area (Å²) in [6.07, 6.45) is 1.18. The summed E-state index contributed by atoms with van der Waals surface area (Å²) in [5, 5.41) is 2.72. The summed E-state index contributed by atoms with van der Waals surface area (Å²) in [5.41, 5.74) is 4.71. The van der Waals surface area contributed by atoms with Crippen molar-refractivity contribution in [2.24, 2.45) is 5.73 Å². The molecule has 0 aromatic heterocycles. The lowest BCUT2D eigenvalue weighted by molar-refractivity contribution is -0.134. The molecule has 6 heteroatoms. The van der Waals surface area contributed by atoms with Crippen molar-refractivity contribution in [1.82, 2.24) is 10.2 Å². The van der Waals surface area contributed by atoms with Crippen LogP contribution in [0.3, 0.4) is 0 Å². The second-order valence-electron chi connectivity index (χ2n) is 4.81. The monoisotopic (exact) mass is 275 g/mol. The highest BCUT2D eigenvalue weighted by atomic mass is 16.2. The Morgan fingerprint density at radius 3 is 2.50 bits per heavy atom. The van der Waals surface area contributed by atoms with Gasteiger partial charge in [-0.3, -0.25) is 14.5 Å². The molecule has 0 spiro atoms. The highest BCUT2D eigenvalue weighted by molar-refractivity contribution is 6.09. The molecule has 4 amide bonds. The van der Waals surface area contributed by atoms with Crippen molar-refractivity contribution >= 4 is 17.8 Å². The van der Waals surface area contributed by atoms with Crippen molar-refractivity contribution in [3.63, 3.8) is 0 Å². The second kappa shape index (κ2) is 5.32. The third kappa shape index (κ3) is 2.24. The van der Waals surface area contributed by atoms with Crippen molar-refractivity contribution in [3.05, 3.63) is 35.9 Å². The average Bonchev–Trinajstić information content (AvgIpc) is 2.65. The molecule has 2 rings (SSSR count). The van der Waals surface area contributed by atoms with Gasteiger partial charge in [-0.15, -0.1) is 0 Å². The van der Waals surface area contributed by atoms with Crippen LogP contribution >= 0.6 is 0 Å². The molecular weight excluding hydrogens is 258 g/mol. The summed E-state index contributed by atoms with van der Waals surface area (Å²) in [5.74, 6) is -1.14. The lowest BCUT2D eigenvalue weighted by atomic mass is 9.85. The van der Waals surface area contributed by atoms with E-state index in [1.807, 2.05) is 25.1 Å². The van der Waals surface area contributed by atoms with Gasteiger partial charge in [0.15, 0.2) is 0 Å². The fourth-order valence-electron chi connectivity index (χ4n) is 2.53. The smallest absolute Gasteiger partial charge is 0.325 e. The Bertz CT molecular complexity index is 544. The lowest BCUT2D eigenvalue weighted by Gasteiger charge is -2.26. The van der Waals surface area contributed by atoms with Crippen LogP contribution in [-0.4, -0.2) is 29.3 Å². The van der Waals surface area contributed by atoms with Crippen molar-refractivity contribution in [2.45, 2.75) is 25.3 Å². The minimum atomic E-state index is -1.09. The minimum Gasteiger partial charge on any atom is -0.368 e. The molecule has 0 bridgehead atoms. The van der Waals surface area contributed by atoms with Gasteiger partial charge in [-0.25, -0.2) is 4.79 Å². The average molecular weight is 275 g/mol. The lowest BCUT2D eigenvalue weighted by Crippen LogP contribution is -2.44. The highest BCUT2D eigenvalue weighted by Gasteiger charge is 2.51. The first-order chi connectivity index (χ1) is 9.51. The largest absolute Gasteiger partial charge is 0.368 e. The van der Waals surface area contributed by atoms with E-state index in [1.165, 1.54) is 0 Å². The summed E-state index contributed by atoms with van der Waals surface area (Å²) in [7, 11) is 0. The number of primary amides is 1. The molecule has 0 aliphatic carbocycles. The quantitative estimate of drug-likeness (QED) is 0.775. The highest BCUT2D eigenvalue weighted by Crippen LogP contribution is 2.33. The van der Waals surface area contributed by atoms with Crippen LogP contribution in [0.1, 0.15) is 25.3 Å². The molecule has 1 aromatic carbocycles. The van der Waals surface area contributed by atoms with Crippen LogP contribution in [0, 0.1) is 0 Å². The molecule has 1 aliphatic heterocycles. The zero-order valence-corrected chi connectivity index (χ0v) is 11.3. The molecule has 0 saturated carbocycles. The number of imide groups is 1. The summed E-state index contributed by atoms with van der Waals surface area (Å²) >= 11 is 0. The third-order valence-electron chi connectivity index (χ3n) is 3.38. The van der Waals surface area contributed by atoms with E-state index in [4.69, 9.17) is 5.73 Å². The van der Waals surface area contributed by atoms with Crippen molar-refractivity contribution in [3.8, 4) is 0 Å². The first kappa shape index (κ1) is 14.0. The number of benzene rings is 1. The fourth-order valence-corrected chi connectivity index (χ4v) is 2.53. The van der Waals surface area contributed by atoms with E-state index < -0.39 is 29.9 Å². The van der Waals surface area contributed by atoms with Crippen LogP contribution in [0.2, 0.25) is 0 Å². The molecule has 1 aliphatic rings. The predicted octanol–water partition coefficient (Wildman–Crippen LogP) is 0.719. The maximum Gasteiger partial charge on any atom is 0.325 e. The Hall–Kier alpha value is -2.37. The molecule has 1 saturated heterocycles. The summed E-state index contributed by atoms with van der Waals surface area (Å²) in [6.45, 7) is 1.53.